The van der Waals surface area contributed by atoms with Crippen LogP contribution < -0.4 is 0 Å². The van der Waals surface area contributed by atoms with E-state index in [1.165, 1.54) is 0 Å². The number of carboxylic acids is 1. The van der Waals surface area contributed by atoms with E-state index in [4.69, 9.17) is 5.11 Å². The van der Waals surface area contributed by atoms with Crippen molar-refractivity contribution in [1.82, 2.24) is 0 Å². The van der Waals surface area contributed by atoms with Crippen LogP contribution in [0.4, 0.5) is 0 Å². The molecule has 0 aliphatic heterocycles. The number of carboxylic acid groups (broad SMARTS) is 1. The summed E-state index contributed by atoms with van der Waals surface area (Å²) in [6.45, 7) is 3.81. The van der Waals surface area contributed by atoms with E-state index in [-0.39, 0.29) is 5.92 Å². The van der Waals surface area contributed by atoms with Gasteiger partial charge in [0.15, 0.2) is 4.90 Å². The van der Waals surface area contributed by atoms with Gasteiger partial charge in [-0.1, -0.05) is 18.6 Å². The Morgan fingerprint density at radius 1 is 1.53 bits per heavy atom. The quantitative estimate of drug-likeness (QED) is 0.864. The Bertz CT molecular complexity index is 534. The van der Waals surface area contributed by atoms with Crippen LogP contribution in [-0.4, -0.2) is 21.9 Å². The third-order valence-corrected chi connectivity index (χ3v) is 4.65. The van der Waals surface area contributed by atoms with Gasteiger partial charge in [0, 0.05) is 0 Å². The van der Waals surface area contributed by atoms with Crippen molar-refractivity contribution in [2.24, 2.45) is 5.92 Å². The number of carbonyl (C=O) groups is 1. The second kappa shape index (κ2) is 5.39. The first-order chi connectivity index (χ1) is 8.90. The fourth-order valence-corrected chi connectivity index (χ4v) is 3.03. The first-order valence-electron chi connectivity index (χ1n) is 6.30. The Kier molecular flexibility index (Phi) is 4.02. The van der Waals surface area contributed by atoms with Crippen LogP contribution in [0.3, 0.4) is 0 Å². The SMILES string of the molecule is CC(C(=O)O)C1=Cc2ccc([S+](C)[O-])cc2C(C)C1. The molecule has 0 saturated heterocycles. The van der Waals surface area contributed by atoms with Crippen molar-refractivity contribution >= 4 is 23.2 Å². The Labute approximate surface area is 116 Å². The van der Waals surface area contributed by atoms with Crippen molar-refractivity contribution in [3.8, 4) is 0 Å². The van der Waals surface area contributed by atoms with Crippen LogP contribution >= 0.6 is 0 Å². The molecule has 2 rings (SSSR count). The lowest BCUT2D eigenvalue weighted by molar-refractivity contribution is -0.139. The molecule has 1 N–H and O–H groups in total. The highest BCUT2D eigenvalue weighted by molar-refractivity contribution is 7.90. The average molecular weight is 278 g/mol. The first kappa shape index (κ1) is 14.2. The summed E-state index contributed by atoms with van der Waals surface area (Å²) in [5, 5.41) is 9.10. The van der Waals surface area contributed by atoms with Gasteiger partial charge in [-0.3, -0.25) is 4.79 Å². The molecule has 0 aromatic heterocycles. The number of rotatable bonds is 3. The van der Waals surface area contributed by atoms with E-state index >= 15 is 0 Å². The Hall–Kier alpha value is -1.26. The molecule has 0 spiro atoms. The lowest BCUT2D eigenvalue weighted by Gasteiger charge is -2.25. The fraction of sp³-hybridized carbons (Fsp3) is 0.400. The molecule has 0 bridgehead atoms. The van der Waals surface area contributed by atoms with Gasteiger partial charge in [0.25, 0.3) is 0 Å². The van der Waals surface area contributed by atoms with E-state index in [0.717, 1.165) is 28.0 Å². The van der Waals surface area contributed by atoms with Gasteiger partial charge in [0.2, 0.25) is 0 Å². The van der Waals surface area contributed by atoms with Crippen molar-refractivity contribution in [2.45, 2.75) is 31.1 Å². The smallest absolute Gasteiger partial charge is 0.310 e. The lowest BCUT2D eigenvalue weighted by atomic mass is 9.80. The van der Waals surface area contributed by atoms with E-state index in [9.17, 15) is 9.35 Å². The molecule has 3 atom stereocenters. The third kappa shape index (κ3) is 2.85. The normalized spacial score (nSPS) is 21.3. The molecule has 3 nitrogen and oxygen atoms in total. The summed E-state index contributed by atoms with van der Waals surface area (Å²) in [5.41, 5.74) is 3.17. The third-order valence-electron chi connectivity index (χ3n) is 3.73. The van der Waals surface area contributed by atoms with E-state index < -0.39 is 23.1 Å². The van der Waals surface area contributed by atoms with E-state index in [1.807, 2.05) is 24.3 Å². The van der Waals surface area contributed by atoms with Gasteiger partial charge in [0.1, 0.15) is 6.26 Å². The molecule has 0 amide bonds. The van der Waals surface area contributed by atoms with Crippen LogP contribution in [0.1, 0.15) is 37.3 Å². The molecule has 3 unspecified atom stereocenters. The lowest BCUT2D eigenvalue weighted by Crippen LogP contribution is -2.17. The zero-order valence-corrected chi connectivity index (χ0v) is 12.2. The van der Waals surface area contributed by atoms with E-state index in [1.54, 1.807) is 13.2 Å². The number of hydrogen-bond donors (Lipinski definition) is 1. The maximum absolute atomic E-state index is 11.5. The molecule has 4 heteroatoms. The minimum Gasteiger partial charge on any atom is -0.612 e. The number of benzene rings is 1. The molecule has 1 aromatic carbocycles. The molecular weight excluding hydrogens is 260 g/mol. The minimum atomic E-state index is -0.982. The second-order valence-electron chi connectivity index (χ2n) is 5.13. The summed E-state index contributed by atoms with van der Waals surface area (Å²) in [6.07, 6.45) is 4.39. The van der Waals surface area contributed by atoms with Crippen molar-refractivity contribution in [3.05, 3.63) is 34.9 Å². The zero-order valence-electron chi connectivity index (χ0n) is 11.3. The summed E-state index contributed by atoms with van der Waals surface area (Å²) in [5.74, 6) is -0.968. The van der Waals surface area contributed by atoms with Gasteiger partial charge >= 0.3 is 5.97 Å². The predicted octanol–water partition coefficient (Wildman–Crippen LogP) is 3.04. The van der Waals surface area contributed by atoms with Crippen LogP contribution in [0.15, 0.2) is 28.7 Å². The summed E-state index contributed by atoms with van der Waals surface area (Å²) < 4.78 is 11.5. The molecule has 0 heterocycles. The molecule has 0 radical (unpaired) electrons. The van der Waals surface area contributed by atoms with Gasteiger partial charge in [0.05, 0.1) is 5.92 Å². The van der Waals surface area contributed by atoms with Crippen LogP contribution in [0.25, 0.3) is 6.08 Å². The number of hydrogen-bond acceptors (Lipinski definition) is 2. The van der Waals surface area contributed by atoms with Gasteiger partial charge in [-0.05, 0) is 59.8 Å². The summed E-state index contributed by atoms with van der Waals surface area (Å²) in [6, 6.07) is 5.78. The Morgan fingerprint density at radius 2 is 2.21 bits per heavy atom. The Balaban J connectivity index is 2.41. The highest BCUT2D eigenvalue weighted by Crippen LogP contribution is 2.37. The first-order valence-corrected chi connectivity index (χ1v) is 7.86. The van der Waals surface area contributed by atoms with Crippen molar-refractivity contribution in [3.63, 3.8) is 0 Å². The monoisotopic (exact) mass is 278 g/mol. The number of aliphatic carboxylic acids is 1. The van der Waals surface area contributed by atoms with Gasteiger partial charge in [-0.25, -0.2) is 0 Å². The maximum Gasteiger partial charge on any atom is 0.310 e. The highest BCUT2D eigenvalue weighted by Gasteiger charge is 2.25. The minimum absolute atomic E-state index is 0.264. The largest absolute Gasteiger partial charge is 0.612 e. The van der Waals surface area contributed by atoms with E-state index in [2.05, 4.69) is 6.92 Å². The predicted molar refractivity (Wildman–Crippen MR) is 76.6 cm³/mol. The second-order valence-corrected chi connectivity index (χ2v) is 6.51. The summed E-state index contributed by atoms with van der Waals surface area (Å²) in [7, 11) is 0. The Morgan fingerprint density at radius 3 is 2.79 bits per heavy atom. The van der Waals surface area contributed by atoms with Crippen molar-refractivity contribution in [2.75, 3.05) is 6.26 Å². The van der Waals surface area contributed by atoms with E-state index in [0.29, 0.717) is 0 Å². The van der Waals surface area contributed by atoms with Crippen LogP contribution in [-0.2, 0) is 16.0 Å². The topological polar surface area (TPSA) is 60.4 Å². The summed E-state index contributed by atoms with van der Waals surface area (Å²) >= 11 is -0.982. The molecular formula is C15H18O3S. The molecule has 19 heavy (non-hydrogen) atoms. The van der Waals surface area contributed by atoms with Gasteiger partial charge in [-0.15, -0.1) is 0 Å². The van der Waals surface area contributed by atoms with Crippen LogP contribution in [0.2, 0.25) is 0 Å². The van der Waals surface area contributed by atoms with Crippen molar-refractivity contribution in [1.29, 1.82) is 0 Å². The van der Waals surface area contributed by atoms with Crippen molar-refractivity contribution < 1.29 is 14.5 Å². The molecule has 1 aliphatic carbocycles. The summed E-state index contributed by atoms with van der Waals surface area (Å²) in [4.78, 5) is 11.9. The number of fused-ring (bicyclic) bond motifs is 1. The molecule has 1 aromatic rings. The molecule has 1 aliphatic rings. The average Bonchev–Trinajstić information content (AvgIpc) is 2.37. The standard InChI is InChI=1S/C15H18O3S/c1-9-6-12(10(2)15(16)17)7-11-4-5-13(19(3)18)8-14(9)11/h4-5,7-10H,6H2,1-3H3,(H,16,17). The van der Waals surface area contributed by atoms with Gasteiger partial charge in [-0.2, -0.15) is 0 Å². The molecule has 0 saturated carbocycles. The van der Waals surface area contributed by atoms with Crippen LogP contribution in [0, 0.1) is 5.92 Å². The zero-order chi connectivity index (χ0) is 14.2. The van der Waals surface area contributed by atoms with Gasteiger partial charge < -0.3 is 9.66 Å². The van der Waals surface area contributed by atoms with Crippen LogP contribution in [0.5, 0.6) is 0 Å². The molecule has 0 fully saturated rings. The fourth-order valence-electron chi connectivity index (χ4n) is 2.47. The maximum atomic E-state index is 11.5. The molecule has 102 valence electrons. The highest BCUT2D eigenvalue weighted by atomic mass is 32.2.